The van der Waals surface area contributed by atoms with Crippen molar-refractivity contribution in [3.63, 3.8) is 0 Å². The van der Waals surface area contributed by atoms with E-state index < -0.39 is 17.6 Å². The highest BCUT2D eigenvalue weighted by Gasteiger charge is 2.30. The number of benzene rings is 2. The van der Waals surface area contributed by atoms with E-state index in [1.165, 1.54) is 36.7 Å². The highest BCUT2D eigenvalue weighted by molar-refractivity contribution is 6.04. The normalized spacial score (nSPS) is 11.1. The first kappa shape index (κ1) is 19.3. The lowest BCUT2D eigenvalue weighted by molar-refractivity contribution is -0.137. The standard InChI is InChI=1S/C20H15F4N3O/c21-18-7-2-1-4-13(18)11-26-17-8-14(10-25-12-17)19(28)27-16-6-3-5-15(9-16)20(22,23)24/h1-10,12,26H,11H2,(H,27,28). The van der Waals surface area contributed by atoms with E-state index in [0.717, 1.165) is 12.1 Å². The van der Waals surface area contributed by atoms with Crippen molar-refractivity contribution in [3.05, 3.63) is 89.5 Å². The number of carbonyl (C=O) groups is 1. The molecular weight excluding hydrogens is 374 g/mol. The Hall–Kier alpha value is -3.42. The Labute approximate surface area is 158 Å². The zero-order valence-electron chi connectivity index (χ0n) is 14.4. The van der Waals surface area contributed by atoms with Crippen LogP contribution in [0, 0.1) is 5.82 Å². The molecular formula is C20H15F4N3O. The fourth-order valence-electron chi connectivity index (χ4n) is 2.48. The zero-order valence-corrected chi connectivity index (χ0v) is 14.4. The Morgan fingerprint density at radius 1 is 0.964 bits per heavy atom. The highest BCUT2D eigenvalue weighted by atomic mass is 19.4. The minimum absolute atomic E-state index is 0.0181. The lowest BCUT2D eigenvalue weighted by atomic mass is 10.1. The molecule has 0 fully saturated rings. The van der Waals surface area contributed by atoms with Crippen LogP contribution < -0.4 is 10.6 Å². The quantitative estimate of drug-likeness (QED) is 0.597. The third kappa shape index (κ3) is 4.85. The molecule has 8 heteroatoms. The van der Waals surface area contributed by atoms with Gasteiger partial charge < -0.3 is 10.6 Å². The van der Waals surface area contributed by atoms with E-state index in [-0.39, 0.29) is 23.6 Å². The third-order valence-corrected chi connectivity index (χ3v) is 3.89. The number of hydrogen-bond donors (Lipinski definition) is 2. The van der Waals surface area contributed by atoms with Crippen LogP contribution in [-0.2, 0) is 12.7 Å². The van der Waals surface area contributed by atoms with Gasteiger partial charge in [-0.05, 0) is 30.3 Å². The number of alkyl halides is 3. The molecule has 0 aliphatic heterocycles. The molecule has 0 spiro atoms. The van der Waals surface area contributed by atoms with Gasteiger partial charge >= 0.3 is 6.18 Å². The number of carbonyl (C=O) groups excluding carboxylic acids is 1. The van der Waals surface area contributed by atoms with Crippen molar-refractivity contribution >= 4 is 17.3 Å². The second kappa shape index (κ2) is 8.08. The van der Waals surface area contributed by atoms with Gasteiger partial charge in [-0.15, -0.1) is 0 Å². The number of halogens is 4. The SMILES string of the molecule is O=C(Nc1cccc(C(F)(F)F)c1)c1cncc(NCc2ccccc2F)c1. The van der Waals surface area contributed by atoms with Crippen molar-refractivity contribution in [2.24, 2.45) is 0 Å². The number of anilines is 2. The van der Waals surface area contributed by atoms with E-state index in [1.54, 1.807) is 18.2 Å². The van der Waals surface area contributed by atoms with Crippen LogP contribution in [0.15, 0.2) is 67.0 Å². The molecule has 0 bridgehead atoms. The number of amides is 1. The van der Waals surface area contributed by atoms with Crippen LogP contribution in [0.4, 0.5) is 28.9 Å². The van der Waals surface area contributed by atoms with Gasteiger partial charge in [-0.3, -0.25) is 9.78 Å². The van der Waals surface area contributed by atoms with E-state index in [4.69, 9.17) is 0 Å². The first-order chi connectivity index (χ1) is 13.3. The van der Waals surface area contributed by atoms with Crippen molar-refractivity contribution in [2.75, 3.05) is 10.6 Å². The van der Waals surface area contributed by atoms with Crippen LogP contribution in [-0.4, -0.2) is 10.9 Å². The molecule has 1 heterocycles. The Kier molecular flexibility index (Phi) is 5.58. The Morgan fingerprint density at radius 3 is 2.50 bits per heavy atom. The molecule has 1 amide bonds. The molecule has 0 aliphatic rings. The Morgan fingerprint density at radius 2 is 1.75 bits per heavy atom. The average molecular weight is 389 g/mol. The predicted octanol–water partition coefficient (Wildman–Crippen LogP) is 5.10. The van der Waals surface area contributed by atoms with Gasteiger partial charge in [-0.2, -0.15) is 13.2 Å². The smallest absolute Gasteiger partial charge is 0.380 e. The molecule has 4 nitrogen and oxygen atoms in total. The molecule has 0 aliphatic carbocycles. The fraction of sp³-hybridized carbons (Fsp3) is 0.100. The van der Waals surface area contributed by atoms with Crippen LogP contribution >= 0.6 is 0 Å². The highest BCUT2D eigenvalue weighted by Crippen LogP contribution is 2.30. The molecule has 0 saturated heterocycles. The van der Waals surface area contributed by atoms with Gasteiger partial charge in [0.1, 0.15) is 5.82 Å². The number of pyridine rings is 1. The minimum Gasteiger partial charge on any atom is -0.380 e. The summed E-state index contributed by atoms with van der Waals surface area (Å²) in [6.45, 7) is 0.188. The lowest BCUT2D eigenvalue weighted by Crippen LogP contribution is -2.14. The van der Waals surface area contributed by atoms with Crippen LogP contribution in [0.2, 0.25) is 0 Å². The Bertz CT molecular complexity index is 989. The van der Waals surface area contributed by atoms with E-state index in [9.17, 15) is 22.4 Å². The molecule has 2 N–H and O–H groups in total. The van der Waals surface area contributed by atoms with Gasteiger partial charge in [0.05, 0.1) is 16.8 Å². The van der Waals surface area contributed by atoms with E-state index >= 15 is 0 Å². The van der Waals surface area contributed by atoms with Crippen molar-refractivity contribution in [3.8, 4) is 0 Å². The second-order valence-corrected chi connectivity index (χ2v) is 5.94. The summed E-state index contributed by atoms with van der Waals surface area (Å²) in [5.74, 6) is -0.970. The van der Waals surface area contributed by atoms with E-state index in [2.05, 4.69) is 15.6 Å². The maximum atomic E-state index is 13.7. The summed E-state index contributed by atoms with van der Waals surface area (Å²) in [7, 11) is 0. The summed E-state index contributed by atoms with van der Waals surface area (Å²) >= 11 is 0. The summed E-state index contributed by atoms with van der Waals surface area (Å²) in [4.78, 5) is 16.3. The third-order valence-electron chi connectivity index (χ3n) is 3.89. The number of nitrogens with zero attached hydrogens (tertiary/aromatic N) is 1. The second-order valence-electron chi connectivity index (χ2n) is 5.94. The van der Waals surface area contributed by atoms with Gasteiger partial charge in [0.2, 0.25) is 0 Å². The topological polar surface area (TPSA) is 54.0 Å². The van der Waals surface area contributed by atoms with Gasteiger partial charge in [-0.25, -0.2) is 4.39 Å². The molecule has 0 radical (unpaired) electrons. The first-order valence-corrected chi connectivity index (χ1v) is 8.24. The summed E-state index contributed by atoms with van der Waals surface area (Å²) in [6.07, 6.45) is -1.75. The number of nitrogens with one attached hydrogen (secondary N) is 2. The predicted molar refractivity (Wildman–Crippen MR) is 97.4 cm³/mol. The van der Waals surface area contributed by atoms with Crippen LogP contribution in [0.25, 0.3) is 0 Å². The first-order valence-electron chi connectivity index (χ1n) is 8.24. The molecule has 1 aromatic heterocycles. The maximum Gasteiger partial charge on any atom is 0.416 e. The van der Waals surface area contributed by atoms with Crippen molar-refractivity contribution < 1.29 is 22.4 Å². The van der Waals surface area contributed by atoms with Crippen molar-refractivity contribution in [2.45, 2.75) is 12.7 Å². The molecule has 144 valence electrons. The van der Waals surface area contributed by atoms with E-state index in [0.29, 0.717) is 11.3 Å². The number of hydrogen-bond acceptors (Lipinski definition) is 3. The molecule has 2 aromatic carbocycles. The largest absolute Gasteiger partial charge is 0.416 e. The number of aromatic nitrogens is 1. The molecule has 0 unspecified atom stereocenters. The molecule has 3 aromatic rings. The summed E-state index contributed by atoms with van der Waals surface area (Å²) in [5.41, 5.74) is 0.227. The summed E-state index contributed by atoms with van der Waals surface area (Å²) in [6, 6.07) is 12.1. The molecule has 28 heavy (non-hydrogen) atoms. The minimum atomic E-state index is -4.50. The average Bonchev–Trinajstić information content (AvgIpc) is 2.67. The van der Waals surface area contributed by atoms with Crippen LogP contribution in [0.5, 0.6) is 0 Å². The van der Waals surface area contributed by atoms with Gasteiger partial charge in [0, 0.05) is 30.2 Å². The van der Waals surface area contributed by atoms with Gasteiger partial charge in [0.25, 0.3) is 5.91 Å². The summed E-state index contributed by atoms with van der Waals surface area (Å²) in [5, 5.41) is 5.37. The molecule has 0 saturated carbocycles. The molecule has 3 rings (SSSR count). The molecule has 0 atom stereocenters. The number of rotatable bonds is 5. The monoisotopic (exact) mass is 389 g/mol. The van der Waals surface area contributed by atoms with E-state index in [1.807, 2.05) is 0 Å². The lowest BCUT2D eigenvalue weighted by Gasteiger charge is -2.11. The maximum absolute atomic E-state index is 13.7. The van der Waals surface area contributed by atoms with Gasteiger partial charge in [-0.1, -0.05) is 24.3 Å². The summed E-state index contributed by atoms with van der Waals surface area (Å²) < 4.78 is 52.0. The zero-order chi connectivity index (χ0) is 20.1. The fourth-order valence-corrected chi connectivity index (χ4v) is 2.48. The van der Waals surface area contributed by atoms with Gasteiger partial charge in [0.15, 0.2) is 0 Å². The van der Waals surface area contributed by atoms with Crippen molar-refractivity contribution in [1.82, 2.24) is 4.98 Å². The van der Waals surface area contributed by atoms with Crippen LogP contribution in [0.3, 0.4) is 0 Å². The van der Waals surface area contributed by atoms with Crippen molar-refractivity contribution in [1.29, 1.82) is 0 Å². The Balaban J connectivity index is 1.70. The van der Waals surface area contributed by atoms with Crippen LogP contribution in [0.1, 0.15) is 21.5 Å².